The minimum absolute atomic E-state index is 0.0170. The van der Waals surface area contributed by atoms with Crippen molar-refractivity contribution in [3.8, 4) is 0 Å². The molecule has 1 amide bonds. The van der Waals surface area contributed by atoms with E-state index in [9.17, 15) is 14.4 Å². The molecule has 3 rings (SSSR count). The van der Waals surface area contributed by atoms with E-state index in [1.807, 2.05) is 25.1 Å². The number of carbonyl (C=O) groups is 2. The average molecular weight is 421 g/mol. The zero-order chi connectivity index (χ0) is 22.6. The van der Waals surface area contributed by atoms with Crippen molar-refractivity contribution in [2.24, 2.45) is 0 Å². The highest BCUT2D eigenvalue weighted by atomic mass is 16.5. The van der Waals surface area contributed by atoms with Gasteiger partial charge in [0.05, 0.1) is 12.1 Å². The maximum atomic E-state index is 12.2. The Bertz CT molecular complexity index is 1160. The first-order valence-corrected chi connectivity index (χ1v) is 10.2. The molecule has 0 fully saturated rings. The van der Waals surface area contributed by atoms with Crippen molar-refractivity contribution in [2.75, 3.05) is 6.54 Å². The molecule has 7 nitrogen and oxygen atoms in total. The standard InChI is InChI=1S/C24H27N3O4/c1-16-5-10-20-26-19(13-21(28)27(20)14-16)15-31-22(29)11-12-25-23(30)17-6-8-18(9-7-17)24(2,3)4/h5-10,13-14H,11-12,15H2,1-4H3,(H,25,30). The minimum atomic E-state index is -0.478. The van der Waals surface area contributed by atoms with Gasteiger partial charge in [-0.25, -0.2) is 4.98 Å². The van der Waals surface area contributed by atoms with Crippen molar-refractivity contribution >= 4 is 17.5 Å². The highest BCUT2D eigenvalue weighted by Crippen LogP contribution is 2.22. The van der Waals surface area contributed by atoms with Crippen LogP contribution < -0.4 is 10.9 Å². The van der Waals surface area contributed by atoms with Crippen LogP contribution in [-0.2, 0) is 21.6 Å². The van der Waals surface area contributed by atoms with E-state index in [2.05, 4.69) is 31.1 Å². The van der Waals surface area contributed by atoms with Crippen LogP contribution in [-0.4, -0.2) is 27.8 Å². The number of aryl methyl sites for hydroxylation is 1. The molecule has 2 heterocycles. The van der Waals surface area contributed by atoms with Crippen LogP contribution in [0.25, 0.3) is 5.65 Å². The summed E-state index contributed by atoms with van der Waals surface area (Å²) in [5, 5.41) is 2.72. The third kappa shape index (κ3) is 5.78. The molecular formula is C24H27N3O4. The molecule has 3 aromatic rings. The number of nitrogens with zero attached hydrogens (tertiary/aromatic N) is 2. The lowest BCUT2D eigenvalue weighted by Gasteiger charge is -2.19. The van der Waals surface area contributed by atoms with Crippen LogP contribution in [0.3, 0.4) is 0 Å². The zero-order valence-corrected chi connectivity index (χ0v) is 18.3. The summed E-state index contributed by atoms with van der Waals surface area (Å²) in [6.07, 6.45) is 1.73. The summed E-state index contributed by atoms with van der Waals surface area (Å²) in [6.45, 7) is 8.28. The SMILES string of the molecule is Cc1ccc2nc(COC(=O)CCNC(=O)c3ccc(C(C)(C)C)cc3)cc(=O)n2c1. The number of amides is 1. The maximum Gasteiger partial charge on any atom is 0.307 e. The number of benzene rings is 1. The maximum absolute atomic E-state index is 12.2. The smallest absolute Gasteiger partial charge is 0.307 e. The predicted octanol–water partition coefficient (Wildman–Crippen LogP) is 3.16. The fourth-order valence-electron chi connectivity index (χ4n) is 3.06. The number of hydrogen-bond acceptors (Lipinski definition) is 5. The molecule has 0 saturated heterocycles. The van der Waals surface area contributed by atoms with Crippen LogP contribution >= 0.6 is 0 Å². The van der Waals surface area contributed by atoms with E-state index in [0.717, 1.165) is 11.1 Å². The van der Waals surface area contributed by atoms with Crippen LogP contribution in [0, 0.1) is 6.92 Å². The van der Waals surface area contributed by atoms with Gasteiger partial charge in [0, 0.05) is 24.4 Å². The second kappa shape index (κ2) is 9.12. The van der Waals surface area contributed by atoms with Crippen molar-refractivity contribution in [3.05, 3.63) is 81.4 Å². The van der Waals surface area contributed by atoms with E-state index < -0.39 is 5.97 Å². The van der Waals surface area contributed by atoms with Gasteiger partial charge in [-0.3, -0.25) is 18.8 Å². The lowest BCUT2D eigenvalue weighted by Crippen LogP contribution is -2.26. The number of nitrogens with one attached hydrogen (secondary N) is 1. The Morgan fingerprint density at radius 3 is 2.48 bits per heavy atom. The number of fused-ring (bicyclic) bond motifs is 1. The molecule has 0 spiro atoms. The second-order valence-electron chi connectivity index (χ2n) is 8.51. The molecule has 0 aliphatic carbocycles. The normalized spacial score (nSPS) is 11.4. The van der Waals surface area contributed by atoms with Crippen molar-refractivity contribution in [1.29, 1.82) is 0 Å². The molecule has 0 atom stereocenters. The number of pyridine rings is 1. The first-order chi connectivity index (χ1) is 14.6. The Kier molecular flexibility index (Phi) is 6.53. The number of carbonyl (C=O) groups excluding carboxylic acids is 2. The van der Waals surface area contributed by atoms with Gasteiger partial charge in [0.15, 0.2) is 0 Å². The first kappa shape index (κ1) is 22.2. The highest BCUT2D eigenvalue weighted by molar-refractivity contribution is 5.94. The second-order valence-corrected chi connectivity index (χ2v) is 8.51. The molecule has 0 unspecified atom stereocenters. The highest BCUT2D eigenvalue weighted by Gasteiger charge is 2.14. The molecule has 0 saturated carbocycles. The summed E-state index contributed by atoms with van der Waals surface area (Å²) in [6, 6.07) is 12.4. The fourth-order valence-corrected chi connectivity index (χ4v) is 3.06. The zero-order valence-electron chi connectivity index (χ0n) is 18.3. The topological polar surface area (TPSA) is 89.8 Å². The quantitative estimate of drug-likeness (QED) is 0.618. The van der Waals surface area contributed by atoms with E-state index in [4.69, 9.17) is 4.74 Å². The van der Waals surface area contributed by atoms with Gasteiger partial charge < -0.3 is 10.1 Å². The molecule has 162 valence electrons. The monoisotopic (exact) mass is 421 g/mol. The van der Waals surface area contributed by atoms with E-state index in [1.54, 1.807) is 24.4 Å². The van der Waals surface area contributed by atoms with E-state index in [0.29, 0.717) is 16.9 Å². The van der Waals surface area contributed by atoms with Crippen molar-refractivity contribution in [2.45, 2.75) is 46.1 Å². The Morgan fingerprint density at radius 2 is 1.81 bits per heavy atom. The Hall–Kier alpha value is -3.48. The number of ether oxygens (including phenoxy) is 1. The Morgan fingerprint density at radius 1 is 1.10 bits per heavy atom. The van der Waals surface area contributed by atoms with Gasteiger partial charge in [0.25, 0.3) is 11.5 Å². The summed E-state index contributed by atoms with van der Waals surface area (Å²) in [4.78, 5) is 40.8. The van der Waals surface area contributed by atoms with Gasteiger partial charge >= 0.3 is 5.97 Å². The lowest BCUT2D eigenvalue weighted by molar-refractivity contribution is -0.144. The number of hydrogen-bond donors (Lipinski definition) is 1. The van der Waals surface area contributed by atoms with Crippen LogP contribution in [0.4, 0.5) is 0 Å². The van der Waals surface area contributed by atoms with Gasteiger partial charge in [0.1, 0.15) is 12.3 Å². The van der Waals surface area contributed by atoms with Gasteiger partial charge in [-0.1, -0.05) is 39.0 Å². The van der Waals surface area contributed by atoms with Crippen molar-refractivity contribution < 1.29 is 14.3 Å². The molecule has 0 radical (unpaired) electrons. The molecular weight excluding hydrogens is 394 g/mol. The summed E-state index contributed by atoms with van der Waals surface area (Å²) in [7, 11) is 0. The van der Waals surface area contributed by atoms with Crippen LogP contribution in [0.15, 0.2) is 53.5 Å². The molecule has 1 N–H and O–H groups in total. The van der Waals surface area contributed by atoms with Crippen LogP contribution in [0.2, 0.25) is 0 Å². The molecule has 31 heavy (non-hydrogen) atoms. The Labute approximate surface area is 181 Å². The van der Waals surface area contributed by atoms with E-state index in [-0.39, 0.29) is 36.5 Å². The van der Waals surface area contributed by atoms with E-state index >= 15 is 0 Å². The summed E-state index contributed by atoms with van der Waals surface area (Å²) < 4.78 is 6.64. The minimum Gasteiger partial charge on any atom is -0.459 e. The van der Waals surface area contributed by atoms with Crippen molar-refractivity contribution in [1.82, 2.24) is 14.7 Å². The van der Waals surface area contributed by atoms with Gasteiger partial charge in [-0.05, 0) is 41.7 Å². The van der Waals surface area contributed by atoms with Crippen molar-refractivity contribution in [3.63, 3.8) is 0 Å². The fraction of sp³-hybridized carbons (Fsp3) is 0.333. The average Bonchev–Trinajstić information content (AvgIpc) is 2.72. The number of aromatic nitrogens is 2. The predicted molar refractivity (Wildman–Crippen MR) is 118 cm³/mol. The Balaban J connectivity index is 1.48. The van der Waals surface area contributed by atoms with Crippen LogP contribution in [0.1, 0.15) is 54.4 Å². The van der Waals surface area contributed by atoms with Gasteiger partial charge in [-0.2, -0.15) is 0 Å². The molecule has 1 aromatic carbocycles. The van der Waals surface area contributed by atoms with E-state index in [1.165, 1.54) is 10.5 Å². The summed E-state index contributed by atoms with van der Waals surface area (Å²) in [5.41, 5.74) is 3.29. The van der Waals surface area contributed by atoms with Gasteiger partial charge in [-0.15, -0.1) is 0 Å². The summed E-state index contributed by atoms with van der Waals surface area (Å²) in [5.74, 6) is -0.720. The summed E-state index contributed by atoms with van der Waals surface area (Å²) >= 11 is 0. The largest absolute Gasteiger partial charge is 0.459 e. The van der Waals surface area contributed by atoms with Crippen LogP contribution in [0.5, 0.6) is 0 Å². The first-order valence-electron chi connectivity index (χ1n) is 10.2. The van der Waals surface area contributed by atoms with Gasteiger partial charge in [0.2, 0.25) is 0 Å². The lowest BCUT2D eigenvalue weighted by atomic mass is 9.87. The number of rotatable bonds is 6. The third-order valence-electron chi connectivity index (χ3n) is 4.87. The molecule has 2 aromatic heterocycles. The molecule has 0 bridgehead atoms. The third-order valence-corrected chi connectivity index (χ3v) is 4.87. The molecule has 0 aliphatic heterocycles. The molecule has 7 heteroatoms. The number of esters is 1. The molecule has 0 aliphatic rings.